The minimum Gasteiger partial charge on any atom is -0.478 e. The summed E-state index contributed by atoms with van der Waals surface area (Å²) in [5, 5.41) is 12.2. The highest BCUT2D eigenvalue weighted by atomic mass is 32.2. The number of benzene rings is 2. The monoisotopic (exact) mass is 360 g/mol. The lowest BCUT2D eigenvalue weighted by Crippen LogP contribution is -2.25. The van der Waals surface area contributed by atoms with Crippen molar-refractivity contribution in [2.24, 2.45) is 0 Å². The summed E-state index contributed by atoms with van der Waals surface area (Å²) in [5.41, 5.74) is 1.39. The van der Waals surface area contributed by atoms with Crippen molar-refractivity contribution >= 4 is 21.7 Å². The van der Waals surface area contributed by atoms with Crippen LogP contribution in [0.25, 0.3) is 0 Å². The fraction of sp³-hybridized carbons (Fsp3) is 0.167. The quantitative estimate of drug-likeness (QED) is 0.597. The van der Waals surface area contributed by atoms with Gasteiger partial charge in [0.2, 0.25) is 10.0 Å². The lowest BCUT2D eigenvalue weighted by atomic mass is 10.1. The maximum Gasteiger partial charge on any atom is 0.335 e. The lowest BCUT2D eigenvalue weighted by molar-refractivity contribution is 0.0696. The highest BCUT2D eigenvalue weighted by Crippen LogP contribution is 2.23. The maximum absolute atomic E-state index is 12.4. The van der Waals surface area contributed by atoms with Crippen molar-refractivity contribution in [3.05, 3.63) is 72.3 Å². The topological polar surface area (TPSA) is 95.5 Å². The highest BCUT2D eigenvalue weighted by Gasteiger charge is 2.20. The van der Waals surface area contributed by atoms with Crippen molar-refractivity contribution in [1.29, 1.82) is 0 Å². The third kappa shape index (κ3) is 5.17. The number of aromatic carboxylic acids is 1. The van der Waals surface area contributed by atoms with Gasteiger partial charge in [-0.15, -0.1) is 6.58 Å². The summed E-state index contributed by atoms with van der Waals surface area (Å²) in [5.74, 6) is -1.18. The van der Waals surface area contributed by atoms with Gasteiger partial charge in [-0.3, -0.25) is 0 Å². The molecule has 0 aromatic heterocycles. The van der Waals surface area contributed by atoms with E-state index >= 15 is 0 Å². The molecule has 0 saturated heterocycles. The molecular weight excluding hydrogens is 340 g/mol. The van der Waals surface area contributed by atoms with E-state index < -0.39 is 16.0 Å². The van der Waals surface area contributed by atoms with Gasteiger partial charge in [0, 0.05) is 13.1 Å². The zero-order valence-electron chi connectivity index (χ0n) is 13.6. The number of sulfonamides is 1. The zero-order valence-corrected chi connectivity index (χ0v) is 14.4. The number of rotatable bonds is 9. The maximum atomic E-state index is 12.4. The van der Waals surface area contributed by atoms with Gasteiger partial charge >= 0.3 is 5.97 Å². The van der Waals surface area contributed by atoms with Crippen molar-refractivity contribution in [2.45, 2.75) is 11.3 Å². The molecule has 0 unspecified atom stereocenters. The Morgan fingerprint density at radius 3 is 2.52 bits per heavy atom. The summed E-state index contributed by atoms with van der Waals surface area (Å²) >= 11 is 0. The second kappa shape index (κ2) is 8.46. The predicted molar refractivity (Wildman–Crippen MR) is 97.4 cm³/mol. The van der Waals surface area contributed by atoms with Gasteiger partial charge < -0.3 is 10.4 Å². The first-order valence-corrected chi connectivity index (χ1v) is 9.18. The Morgan fingerprint density at radius 2 is 1.88 bits per heavy atom. The number of hydrogen-bond acceptors (Lipinski definition) is 4. The van der Waals surface area contributed by atoms with Gasteiger partial charge in [0.15, 0.2) is 0 Å². The summed E-state index contributed by atoms with van der Waals surface area (Å²) in [4.78, 5) is 11.1. The molecular formula is C18H20N2O4S. The van der Waals surface area contributed by atoms with Crippen LogP contribution in [0.3, 0.4) is 0 Å². The summed E-state index contributed by atoms with van der Waals surface area (Å²) in [6.45, 7) is 4.05. The molecule has 7 heteroatoms. The van der Waals surface area contributed by atoms with Gasteiger partial charge in [-0.25, -0.2) is 17.9 Å². The Kier molecular flexibility index (Phi) is 6.32. The van der Waals surface area contributed by atoms with E-state index in [1.54, 1.807) is 0 Å². The SMILES string of the molecule is C=CCNS(=O)(=O)c1cc(C(=O)O)ccc1NCCc1ccccc1. The number of carboxylic acid groups (broad SMARTS) is 1. The molecule has 6 nitrogen and oxygen atoms in total. The van der Waals surface area contributed by atoms with Crippen molar-refractivity contribution in [2.75, 3.05) is 18.4 Å². The van der Waals surface area contributed by atoms with Crippen molar-refractivity contribution in [3.8, 4) is 0 Å². The molecule has 0 saturated carbocycles. The van der Waals surface area contributed by atoms with Crippen LogP contribution in [0.1, 0.15) is 15.9 Å². The number of carboxylic acids is 1. The van der Waals surface area contributed by atoms with E-state index in [4.69, 9.17) is 5.11 Å². The second-order valence-corrected chi connectivity index (χ2v) is 7.05. The standard InChI is InChI=1S/C18H20N2O4S/c1-2-11-20-25(23,24)17-13-15(18(21)22)8-9-16(17)19-12-10-14-6-4-3-5-7-14/h2-9,13,19-20H,1,10-12H2,(H,21,22). The van der Waals surface area contributed by atoms with Crippen LogP contribution in [0.4, 0.5) is 5.69 Å². The Hall–Kier alpha value is -2.64. The molecule has 2 aromatic carbocycles. The molecule has 0 heterocycles. The minimum absolute atomic E-state index is 0.0586. The third-order valence-electron chi connectivity index (χ3n) is 3.51. The molecule has 25 heavy (non-hydrogen) atoms. The van der Waals surface area contributed by atoms with Crippen LogP contribution in [-0.2, 0) is 16.4 Å². The Morgan fingerprint density at radius 1 is 1.16 bits per heavy atom. The normalized spacial score (nSPS) is 11.0. The lowest BCUT2D eigenvalue weighted by Gasteiger charge is -2.14. The smallest absolute Gasteiger partial charge is 0.335 e. The Bertz CT molecular complexity index is 849. The van der Waals surface area contributed by atoms with E-state index in [1.807, 2.05) is 30.3 Å². The second-order valence-electron chi connectivity index (χ2n) is 5.32. The summed E-state index contributed by atoms with van der Waals surface area (Å²) in [6.07, 6.45) is 2.13. The largest absolute Gasteiger partial charge is 0.478 e. The van der Waals surface area contributed by atoms with E-state index in [0.717, 1.165) is 11.6 Å². The first kappa shape index (κ1) is 18.7. The number of anilines is 1. The first-order chi connectivity index (χ1) is 11.9. The average Bonchev–Trinajstić information content (AvgIpc) is 2.61. The average molecular weight is 360 g/mol. The van der Waals surface area contributed by atoms with Crippen LogP contribution in [0.2, 0.25) is 0 Å². The van der Waals surface area contributed by atoms with E-state index in [-0.39, 0.29) is 17.0 Å². The molecule has 0 radical (unpaired) electrons. The van der Waals surface area contributed by atoms with Crippen LogP contribution < -0.4 is 10.0 Å². The van der Waals surface area contributed by atoms with Crippen LogP contribution in [-0.4, -0.2) is 32.6 Å². The molecule has 0 amide bonds. The van der Waals surface area contributed by atoms with Crippen LogP contribution >= 0.6 is 0 Å². The Labute approximate surface area is 147 Å². The fourth-order valence-electron chi connectivity index (χ4n) is 2.26. The van der Waals surface area contributed by atoms with Gasteiger partial charge in [-0.1, -0.05) is 36.4 Å². The molecule has 2 aromatic rings. The molecule has 0 atom stereocenters. The number of hydrogen-bond donors (Lipinski definition) is 3. The van der Waals surface area contributed by atoms with E-state index in [9.17, 15) is 13.2 Å². The zero-order chi connectivity index (χ0) is 18.3. The first-order valence-electron chi connectivity index (χ1n) is 7.70. The van der Waals surface area contributed by atoms with Crippen molar-refractivity contribution in [1.82, 2.24) is 4.72 Å². The van der Waals surface area contributed by atoms with Crippen LogP contribution in [0, 0.1) is 0 Å². The van der Waals surface area contributed by atoms with E-state index in [0.29, 0.717) is 18.7 Å². The molecule has 132 valence electrons. The van der Waals surface area contributed by atoms with Gasteiger partial charge in [0.25, 0.3) is 0 Å². The molecule has 0 aliphatic rings. The molecule has 0 bridgehead atoms. The highest BCUT2D eigenvalue weighted by molar-refractivity contribution is 7.89. The number of carbonyl (C=O) groups is 1. The number of nitrogens with one attached hydrogen (secondary N) is 2. The molecule has 2 rings (SSSR count). The molecule has 3 N–H and O–H groups in total. The summed E-state index contributed by atoms with van der Waals surface area (Å²) in [6, 6.07) is 13.8. The van der Waals surface area contributed by atoms with Crippen molar-refractivity contribution in [3.63, 3.8) is 0 Å². The van der Waals surface area contributed by atoms with Crippen molar-refractivity contribution < 1.29 is 18.3 Å². The minimum atomic E-state index is -3.85. The molecule has 0 aliphatic heterocycles. The van der Waals surface area contributed by atoms with Gasteiger partial charge in [-0.2, -0.15) is 0 Å². The fourth-order valence-corrected chi connectivity index (χ4v) is 3.46. The third-order valence-corrected chi connectivity index (χ3v) is 4.97. The van der Waals surface area contributed by atoms with Crippen LogP contribution in [0.15, 0.2) is 66.1 Å². The van der Waals surface area contributed by atoms with Gasteiger partial charge in [0.1, 0.15) is 4.90 Å². The molecule has 0 spiro atoms. The summed E-state index contributed by atoms with van der Waals surface area (Å²) < 4.78 is 27.2. The van der Waals surface area contributed by atoms with Gasteiger partial charge in [0.05, 0.1) is 11.3 Å². The summed E-state index contributed by atoms with van der Waals surface area (Å²) in [7, 11) is -3.85. The molecule has 0 aliphatic carbocycles. The van der Waals surface area contributed by atoms with Gasteiger partial charge in [-0.05, 0) is 30.2 Å². The molecule has 0 fully saturated rings. The van der Waals surface area contributed by atoms with Crippen LogP contribution in [0.5, 0.6) is 0 Å². The van der Waals surface area contributed by atoms with E-state index in [2.05, 4.69) is 16.6 Å². The predicted octanol–water partition coefficient (Wildman–Crippen LogP) is 2.50. The van der Waals surface area contributed by atoms with E-state index in [1.165, 1.54) is 18.2 Å². The Balaban J connectivity index is 2.23.